The molecule has 34 atom stereocenters. The molecule has 0 spiro atoms. The van der Waals surface area contributed by atoms with E-state index in [4.69, 9.17) is 52.1 Å². The van der Waals surface area contributed by atoms with E-state index in [1.54, 1.807) is 0 Å². The highest BCUT2D eigenvalue weighted by Gasteiger charge is 2.77. The molecule has 4 saturated carbocycles. The summed E-state index contributed by atoms with van der Waals surface area (Å²) in [5.74, 6) is -3.05. The summed E-state index contributed by atoms with van der Waals surface area (Å²) >= 11 is 0. The van der Waals surface area contributed by atoms with Crippen molar-refractivity contribution < 1.29 is 143 Å². The van der Waals surface area contributed by atoms with Gasteiger partial charge in [-0.3, -0.25) is 9.59 Å². The number of esters is 2. The lowest BCUT2D eigenvalue weighted by Gasteiger charge is -2.71. The van der Waals surface area contributed by atoms with Crippen LogP contribution in [0.5, 0.6) is 0 Å². The van der Waals surface area contributed by atoms with Crippen LogP contribution in [0.2, 0.25) is 0 Å². The molecular weight excluding hydrogens is 1160 g/mol. The van der Waals surface area contributed by atoms with Gasteiger partial charge in [0.05, 0.1) is 45.2 Å². The van der Waals surface area contributed by atoms with Gasteiger partial charge >= 0.3 is 11.9 Å². The molecule has 0 aromatic heterocycles. The molecule has 11 rings (SSSR count). The van der Waals surface area contributed by atoms with E-state index in [1.165, 1.54) is 6.92 Å². The average molecular weight is 1250 g/mol. The van der Waals surface area contributed by atoms with Gasteiger partial charge in [0.1, 0.15) is 121 Å². The Morgan fingerprint density at radius 1 is 0.609 bits per heavy atom. The van der Waals surface area contributed by atoms with Gasteiger partial charge in [0.2, 0.25) is 6.29 Å². The quantitative estimate of drug-likeness (QED) is 0.0465. The number of allylic oxidation sites excluding steroid dienone is 2. The molecule has 29 heteroatoms. The van der Waals surface area contributed by atoms with Gasteiger partial charge in [0, 0.05) is 0 Å². The zero-order chi connectivity index (χ0) is 63.2. The highest BCUT2D eigenvalue weighted by molar-refractivity contribution is 5.82. The fourth-order valence-electron chi connectivity index (χ4n) is 17.8. The van der Waals surface area contributed by atoms with Crippen molar-refractivity contribution in [3.05, 3.63) is 11.6 Å². The lowest BCUT2D eigenvalue weighted by molar-refractivity contribution is -0.369. The number of ether oxygens (including phenoxy) is 11. The predicted molar refractivity (Wildman–Crippen MR) is 284 cm³/mol. The van der Waals surface area contributed by atoms with Gasteiger partial charge in [-0.25, -0.2) is 0 Å². The van der Waals surface area contributed by atoms with Gasteiger partial charge in [0.25, 0.3) is 0 Å². The molecule has 29 nitrogen and oxygen atoms in total. The third-order valence-electron chi connectivity index (χ3n) is 23.0. The van der Waals surface area contributed by atoms with Crippen molar-refractivity contribution in [1.29, 1.82) is 0 Å². The molecule has 10 fully saturated rings. The summed E-state index contributed by atoms with van der Waals surface area (Å²) in [6.45, 7) is 8.92. The number of aliphatic hydroxyl groups excluding tert-OH is 16. The fraction of sp³-hybridized carbons (Fsp3) is 0.931. The van der Waals surface area contributed by atoms with Crippen LogP contribution < -0.4 is 0 Å². The molecule has 0 aromatic carbocycles. The van der Waals surface area contributed by atoms with Crippen LogP contribution in [-0.4, -0.2) is 286 Å². The van der Waals surface area contributed by atoms with E-state index in [-0.39, 0.29) is 30.6 Å². The van der Waals surface area contributed by atoms with Crippen molar-refractivity contribution in [3.63, 3.8) is 0 Å². The number of hydrogen-bond acceptors (Lipinski definition) is 29. The first-order valence-corrected chi connectivity index (χ1v) is 30.5. The molecule has 0 aromatic rings. The maximum absolute atomic E-state index is 15.4. The van der Waals surface area contributed by atoms with E-state index in [0.717, 1.165) is 5.57 Å². The van der Waals surface area contributed by atoms with Crippen molar-refractivity contribution in [2.24, 2.45) is 50.2 Å². The molecule has 5 aliphatic carbocycles. The van der Waals surface area contributed by atoms with E-state index in [0.29, 0.717) is 32.1 Å². The normalized spacial score (nSPS) is 55.5. The van der Waals surface area contributed by atoms with E-state index in [2.05, 4.69) is 40.7 Å². The van der Waals surface area contributed by atoms with E-state index in [9.17, 15) is 86.5 Å². The van der Waals surface area contributed by atoms with Gasteiger partial charge in [-0.1, -0.05) is 46.3 Å². The van der Waals surface area contributed by atoms with Crippen LogP contribution in [0.4, 0.5) is 0 Å². The summed E-state index contributed by atoms with van der Waals surface area (Å²) in [6.07, 6.45) is -37.1. The molecule has 16 N–H and O–H groups in total. The monoisotopic (exact) mass is 1250 g/mol. The van der Waals surface area contributed by atoms with Gasteiger partial charge in [-0.05, 0) is 97.7 Å². The molecular formula is C58H90O29. The highest BCUT2D eigenvalue weighted by atomic mass is 16.8. The number of fused-ring (bicyclic) bond motifs is 10. The van der Waals surface area contributed by atoms with Crippen molar-refractivity contribution in [2.45, 2.75) is 253 Å². The van der Waals surface area contributed by atoms with Crippen LogP contribution >= 0.6 is 0 Å². The van der Waals surface area contributed by atoms with Crippen molar-refractivity contribution >= 4 is 11.9 Å². The number of rotatable bonds is 13. The van der Waals surface area contributed by atoms with Crippen LogP contribution in [0.1, 0.15) is 92.9 Å². The van der Waals surface area contributed by atoms with Gasteiger partial charge in [-0.15, -0.1) is 0 Å². The molecule has 496 valence electrons. The van der Waals surface area contributed by atoms with Crippen molar-refractivity contribution in [2.75, 3.05) is 33.0 Å². The lowest BCUT2D eigenvalue weighted by Crippen LogP contribution is -2.70. The summed E-state index contributed by atoms with van der Waals surface area (Å²) in [4.78, 5) is 29.9. The van der Waals surface area contributed by atoms with E-state index < -0.39 is 244 Å². The average Bonchev–Trinajstić information content (AvgIpc) is 1.63. The Balaban J connectivity index is 0.821. The summed E-state index contributed by atoms with van der Waals surface area (Å²) in [7, 11) is 0. The number of hydrogen-bond donors (Lipinski definition) is 16. The van der Waals surface area contributed by atoms with Crippen molar-refractivity contribution in [1.82, 2.24) is 0 Å². The summed E-state index contributed by atoms with van der Waals surface area (Å²) in [6, 6.07) is 0. The SMILES string of the molecule is C[C@@H]1O[C@@H](O[C@H]2[C@H](OC(=O)[C@]34CCC(C)(C)C[C@H]3C3=CC[C@@H]5[C@@]6(C)C[C@@H]7OC(=O)[C@](CO)([C@@H]6CC[C@@]5(C)[C@]3(C)C[C@H]4O)[C@H]7O[C@@H]3O[C@H](CO[C@@H]4O[C@H](CO)[C@@H](O)[C@H](O)[C@H]4O)[C@@H](O)[C@H](O)[C@H]3O)OC[C@H](O)[C@@H]2O)[C@H](O)[C@H](O)[C@H]1O[C@@H]1OC[C@@H](O)[C@H](O)[C@H]1O. The summed E-state index contributed by atoms with van der Waals surface area (Å²) in [5.41, 5.74) is -4.94. The first-order chi connectivity index (χ1) is 40.8. The van der Waals surface area contributed by atoms with Crippen LogP contribution in [0.3, 0.4) is 0 Å². The molecule has 0 unspecified atom stereocenters. The second kappa shape index (κ2) is 23.9. The molecule has 0 amide bonds. The number of carbonyl (C=O) groups excluding carboxylic acids is 2. The van der Waals surface area contributed by atoms with Crippen LogP contribution in [-0.2, 0) is 61.7 Å². The zero-order valence-corrected chi connectivity index (χ0v) is 49.5. The van der Waals surface area contributed by atoms with E-state index >= 15 is 4.79 Å². The lowest BCUT2D eigenvalue weighted by atomic mass is 9.33. The molecule has 6 aliphatic heterocycles. The maximum Gasteiger partial charge on any atom is 0.317 e. The van der Waals surface area contributed by atoms with E-state index in [1.807, 2.05) is 0 Å². The first kappa shape index (κ1) is 66.1. The standard InChI is InChI=1S/C58H90O29/c1-21-43(84-47-39(71)32(64)24(61)17-77-47)38(70)42(74)48(80-21)85-44-33(65)25(62)18-78-50(44)87-51(75)57-12-11-53(2,3)13-23(57)22-7-8-29-54(4)14-26-45(58(20-60,52(76)83-26)30(54)9-10-55(29,5)56(22,6)15-31(57)63)86-49-41(73)37(69)35(67)28(82-49)19-79-46-40(72)36(68)34(66)27(16-59)81-46/h7,21,23-50,59-74H,8-20H2,1-6H3/t21-,23-,24+,25-,26-,27+,28+,29+,30+,31+,32-,33-,34+,35+,36-,37-,38-,39+,40+,41+,42+,43-,44+,45-,46+,47-,48-,49-,50-,54+,55+,56+,57+,58+/m0/s1. The second-order valence-electron chi connectivity index (χ2n) is 28.2. The largest absolute Gasteiger partial charge is 0.459 e. The third-order valence-corrected chi connectivity index (χ3v) is 23.0. The van der Waals surface area contributed by atoms with Gasteiger partial charge in [-0.2, -0.15) is 0 Å². The van der Waals surface area contributed by atoms with Gasteiger partial charge < -0.3 is 134 Å². The summed E-state index contributed by atoms with van der Waals surface area (Å²) in [5, 5.41) is 175. The Hall–Kier alpha value is -2.32. The third kappa shape index (κ3) is 10.4. The predicted octanol–water partition coefficient (Wildman–Crippen LogP) is -5.45. The molecule has 6 saturated heterocycles. The van der Waals surface area contributed by atoms with Crippen molar-refractivity contribution in [3.8, 4) is 0 Å². The number of carbonyl (C=O) groups is 2. The minimum absolute atomic E-state index is 0.0804. The fourth-order valence-corrected chi connectivity index (χ4v) is 17.8. The van der Waals surface area contributed by atoms with Crippen LogP contribution in [0, 0.1) is 50.2 Å². The minimum Gasteiger partial charge on any atom is -0.459 e. The van der Waals surface area contributed by atoms with Crippen LogP contribution in [0.25, 0.3) is 0 Å². The molecule has 87 heavy (non-hydrogen) atoms. The zero-order valence-electron chi connectivity index (χ0n) is 49.5. The van der Waals surface area contributed by atoms with Gasteiger partial charge in [0.15, 0.2) is 31.3 Å². The maximum atomic E-state index is 15.4. The second-order valence-corrected chi connectivity index (χ2v) is 28.2. The Morgan fingerprint density at radius 2 is 1.21 bits per heavy atom. The Morgan fingerprint density at radius 3 is 1.89 bits per heavy atom. The Kier molecular flexibility index (Phi) is 18.2. The highest BCUT2D eigenvalue weighted by Crippen LogP contribution is 2.77. The smallest absolute Gasteiger partial charge is 0.317 e. The molecule has 6 heterocycles. The van der Waals surface area contributed by atoms with Crippen LogP contribution in [0.15, 0.2) is 11.6 Å². The topological polar surface area (TPSA) is 459 Å². The number of aliphatic hydroxyl groups is 16. The molecule has 2 bridgehead atoms. The molecule has 0 radical (unpaired) electrons. The Labute approximate surface area is 501 Å². The molecule has 11 aliphatic rings. The Bertz CT molecular complexity index is 2530. The first-order valence-electron chi connectivity index (χ1n) is 30.5. The minimum atomic E-state index is -1.93. The summed E-state index contributed by atoms with van der Waals surface area (Å²) < 4.78 is 64.9.